The van der Waals surface area contributed by atoms with Crippen molar-refractivity contribution in [1.29, 1.82) is 0 Å². The third-order valence-electron chi connectivity index (χ3n) is 4.13. The van der Waals surface area contributed by atoms with Crippen LogP contribution in [-0.2, 0) is 24.0 Å². The standard InChI is InChI=1S/C19H35N5O6/c1-10(2)7-13(18(29)22-9-16(26)27)24-19(30)14(8-11(3)4)23-17(28)12(20)5-6-15(21)25/h10-14H,5-9,20H2,1-4H3,(H2,21,25)(H,22,29)(H,23,28)(H,24,30)(H,26,27)/t12-,13-,14-/m0/s1. The van der Waals surface area contributed by atoms with Gasteiger partial charge in [-0.1, -0.05) is 27.7 Å². The van der Waals surface area contributed by atoms with E-state index in [1.807, 2.05) is 27.7 Å². The van der Waals surface area contributed by atoms with Crippen LogP contribution in [0.25, 0.3) is 0 Å². The second-order valence-electron chi connectivity index (χ2n) is 8.10. The van der Waals surface area contributed by atoms with Gasteiger partial charge >= 0.3 is 5.97 Å². The lowest BCUT2D eigenvalue weighted by Crippen LogP contribution is -2.56. The molecule has 30 heavy (non-hydrogen) atoms. The van der Waals surface area contributed by atoms with Crippen LogP contribution >= 0.6 is 0 Å². The third-order valence-corrected chi connectivity index (χ3v) is 4.13. The van der Waals surface area contributed by atoms with Crippen molar-refractivity contribution in [2.45, 2.75) is 71.5 Å². The minimum atomic E-state index is -1.20. The quantitative estimate of drug-likeness (QED) is 0.200. The van der Waals surface area contributed by atoms with E-state index in [-0.39, 0.29) is 31.1 Å². The van der Waals surface area contributed by atoms with Gasteiger partial charge in [0.2, 0.25) is 23.6 Å². The largest absolute Gasteiger partial charge is 0.480 e. The predicted molar refractivity (Wildman–Crippen MR) is 110 cm³/mol. The van der Waals surface area contributed by atoms with Gasteiger partial charge < -0.3 is 32.5 Å². The molecule has 4 amide bonds. The summed E-state index contributed by atoms with van der Waals surface area (Å²) in [6.07, 6.45) is 0.573. The summed E-state index contributed by atoms with van der Waals surface area (Å²) in [7, 11) is 0. The van der Waals surface area contributed by atoms with Crippen LogP contribution in [0.2, 0.25) is 0 Å². The normalized spacial score (nSPS) is 14.0. The molecule has 0 unspecified atom stereocenters. The molecule has 3 atom stereocenters. The lowest BCUT2D eigenvalue weighted by Gasteiger charge is -2.25. The van der Waals surface area contributed by atoms with E-state index in [0.29, 0.717) is 6.42 Å². The third kappa shape index (κ3) is 12.0. The summed E-state index contributed by atoms with van der Waals surface area (Å²) in [6.45, 7) is 6.88. The summed E-state index contributed by atoms with van der Waals surface area (Å²) in [6, 6.07) is -2.91. The van der Waals surface area contributed by atoms with E-state index in [2.05, 4.69) is 16.0 Å². The number of carboxylic acids is 1. The lowest BCUT2D eigenvalue weighted by atomic mass is 9.99. The minimum absolute atomic E-state index is 0.0464. The van der Waals surface area contributed by atoms with Gasteiger partial charge in [-0.3, -0.25) is 24.0 Å². The molecule has 0 heterocycles. The summed E-state index contributed by atoms with van der Waals surface area (Å²) in [5.41, 5.74) is 10.8. The highest BCUT2D eigenvalue weighted by atomic mass is 16.4. The molecular weight excluding hydrogens is 394 g/mol. The Hall–Kier alpha value is -2.69. The summed E-state index contributed by atoms with van der Waals surface area (Å²) in [5.74, 6) is -3.49. The number of carbonyl (C=O) groups excluding carboxylic acids is 4. The maximum absolute atomic E-state index is 12.8. The molecular formula is C19H35N5O6. The molecule has 0 rings (SSSR count). The van der Waals surface area contributed by atoms with Gasteiger partial charge in [-0.2, -0.15) is 0 Å². The SMILES string of the molecule is CC(C)C[C@H](NC(=O)[C@H](CC(C)C)NC(=O)[C@@H](N)CCC(N)=O)C(=O)NCC(=O)O. The van der Waals surface area contributed by atoms with Crippen molar-refractivity contribution < 1.29 is 29.1 Å². The number of primary amides is 1. The van der Waals surface area contributed by atoms with Crippen molar-refractivity contribution in [3.8, 4) is 0 Å². The Labute approximate surface area is 176 Å². The van der Waals surface area contributed by atoms with Crippen molar-refractivity contribution >= 4 is 29.6 Å². The highest BCUT2D eigenvalue weighted by Gasteiger charge is 2.29. The van der Waals surface area contributed by atoms with Crippen LogP contribution in [0, 0.1) is 11.8 Å². The molecule has 0 bridgehead atoms. The van der Waals surface area contributed by atoms with Gasteiger partial charge in [0.25, 0.3) is 0 Å². The Kier molecular flexibility index (Phi) is 12.3. The van der Waals surface area contributed by atoms with E-state index >= 15 is 0 Å². The zero-order valence-corrected chi connectivity index (χ0v) is 18.1. The van der Waals surface area contributed by atoms with Gasteiger partial charge in [-0.25, -0.2) is 0 Å². The Morgan fingerprint density at radius 1 is 0.833 bits per heavy atom. The first kappa shape index (κ1) is 27.3. The van der Waals surface area contributed by atoms with Crippen molar-refractivity contribution in [3.63, 3.8) is 0 Å². The fourth-order valence-corrected chi connectivity index (χ4v) is 2.67. The molecule has 11 nitrogen and oxygen atoms in total. The van der Waals surface area contributed by atoms with E-state index in [4.69, 9.17) is 16.6 Å². The number of carbonyl (C=O) groups is 5. The average molecular weight is 430 g/mol. The first-order valence-corrected chi connectivity index (χ1v) is 9.97. The summed E-state index contributed by atoms with van der Waals surface area (Å²) in [5, 5.41) is 16.2. The molecule has 11 heteroatoms. The van der Waals surface area contributed by atoms with Crippen LogP contribution in [0.3, 0.4) is 0 Å². The fourth-order valence-electron chi connectivity index (χ4n) is 2.67. The smallest absolute Gasteiger partial charge is 0.322 e. The highest BCUT2D eigenvalue weighted by Crippen LogP contribution is 2.09. The number of hydrogen-bond donors (Lipinski definition) is 6. The number of rotatable bonds is 14. The van der Waals surface area contributed by atoms with E-state index in [0.717, 1.165) is 0 Å². The first-order valence-electron chi connectivity index (χ1n) is 9.97. The lowest BCUT2D eigenvalue weighted by molar-refractivity contribution is -0.138. The van der Waals surface area contributed by atoms with E-state index in [1.54, 1.807) is 0 Å². The monoisotopic (exact) mass is 429 g/mol. The summed E-state index contributed by atoms with van der Waals surface area (Å²) < 4.78 is 0. The number of aliphatic carboxylic acids is 1. The van der Waals surface area contributed by atoms with Crippen LogP contribution < -0.4 is 27.4 Å². The molecule has 0 radical (unpaired) electrons. The Morgan fingerprint density at radius 3 is 1.73 bits per heavy atom. The van der Waals surface area contributed by atoms with Crippen LogP contribution in [0.15, 0.2) is 0 Å². The molecule has 0 aromatic heterocycles. The number of hydrogen-bond acceptors (Lipinski definition) is 6. The zero-order chi connectivity index (χ0) is 23.4. The predicted octanol–water partition coefficient (Wildman–Crippen LogP) is -1.16. The maximum Gasteiger partial charge on any atom is 0.322 e. The molecule has 0 aromatic rings. The van der Waals surface area contributed by atoms with Gasteiger partial charge in [0.1, 0.15) is 18.6 Å². The van der Waals surface area contributed by atoms with Gasteiger partial charge in [-0.15, -0.1) is 0 Å². The molecule has 0 aromatic carbocycles. The first-order chi connectivity index (χ1) is 13.8. The van der Waals surface area contributed by atoms with E-state index in [9.17, 15) is 24.0 Å². The van der Waals surface area contributed by atoms with Crippen LogP contribution in [-0.4, -0.2) is 59.4 Å². The van der Waals surface area contributed by atoms with Gasteiger partial charge in [0.05, 0.1) is 6.04 Å². The van der Waals surface area contributed by atoms with E-state index in [1.165, 1.54) is 0 Å². The molecule has 0 aliphatic carbocycles. The highest BCUT2D eigenvalue weighted by molar-refractivity contribution is 5.93. The average Bonchev–Trinajstić information content (AvgIpc) is 2.61. The molecule has 0 aliphatic rings. The zero-order valence-electron chi connectivity index (χ0n) is 18.1. The maximum atomic E-state index is 12.8. The molecule has 0 fully saturated rings. The number of carboxylic acid groups (broad SMARTS) is 1. The summed E-state index contributed by atoms with van der Waals surface area (Å²) >= 11 is 0. The van der Waals surface area contributed by atoms with Gasteiger partial charge in [0.15, 0.2) is 0 Å². The van der Waals surface area contributed by atoms with Gasteiger partial charge in [-0.05, 0) is 31.1 Å². The van der Waals surface area contributed by atoms with Crippen molar-refractivity contribution in [1.82, 2.24) is 16.0 Å². The van der Waals surface area contributed by atoms with Crippen molar-refractivity contribution in [3.05, 3.63) is 0 Å². The molecule has 172 valence electrons. The van der Waals surface area contributed by atoms with Crippen molar-refractivity contribution in [2.24, 2.45) is 23.3 Å². The topological polar surface area (TPSA) is 194 Å². The van der Waals surface area contributed by atoms with Gasteiger partial charge in [0, 0.05) is 6.42 Å². The molecule has 0 saturated heterocycles. The Bertz CT molecular complexity index is 623. The second-order valence-corrected chi connectivity index (χ2v) is 8.10. The number of nitrogens with two attached hydrogens (primary N) is 2. The molecule has 8 N–H and O–H groups in total. The summed E-state index contributed by atoms with van der Waals surface area (Å²) in [4.78, 5) is 59.0. The number of nitrogens with one attached hydrogen (secondary N) is 3. The van der Waals surface area contributed by atoms with Crippen molar-refractivity contribution in [2.75, 3.05) is 6.54 Å². The fraction of sp³-hybridized carbons (Fsp3) is 0.737. The van der Waals surface area contributed by atoms with Crippen LogP contribution in [0.1, 0.15) is 53.4 Å². The van der Waals surface area contributed by atoms with Crippen LogP contribution in [0.4, 0.5) is 0 Å². The molecule has 0 aliphatic heterocycles. The number of amides is 4. The second kappa shape index (κ2) is 13.5. The van der Waals surface area contributed by atoms with Crippen LogP contribution in [0.5, 0.6) is 0 Å². The van der Waals surface area contributed by atoms with E-state index < -0.39 is 54.3 Å². The molecule has 0 saturated carbocycles. The molecule has 0 spiro atoms. The minimum Gasteiger partial charge on any atom is -0.480 e. The Balaban J connectivity index is 5.22. The Morgan fingerprint density at radius 2 is 1.30 bits per heavy atom.